The van der Waals surface area contributed by atoms with Crippen molar-refractivity contribution >= 4 is 17.6 Å². The van der Waals surface area contributed by atoms with Crippen molar-refractivity contribution in [2.45, 2.75) is 57.2 Å². The fraction of sp³-hybridized carbons (Fsp3) is 0.650. The number of halogens is 1. The average molecular weight is 379 g/mol. The van der Waals surface area contributed by atoms with Gasteiger partial charge in [-0.1, -0.05) is 42.6 Å². The Labute approximate surface area is 161 Å². The molecule has 1 aromatic rings. The van der Waals surface area contributed by atoms with E-state index in [9.17, 15) is 5.11 Å². The van der Waals surface area contributed by atoms with Crippen LogP contribution in [-0.4, -0.2) is 54.2 Å². The molecule has 6 heteroatoms. The van der Waals surface area contributed by atoms with Gasteiger partial charge in [0.25, 0.3) is 0 Å². The molecule has 1 aliphatic heterocycles. The Morgan fingerprint density at radius 3 is 2.81 bits per heavy atom. The first kappa shape index (κ1) is 19.5. The highest BCUT2D eigenvalue weighted by molar-refractivity contribution is 6.31. The van der Waals surface area contributed by atoms with Crippen LogP contribution in [0.2, 0.25) is 5.02 Å². The number of likely N-dealkylation sites (tertiary alicyclic amines) is 1. The molecule has 5 nitrogen and oxygen atoms in total. The van der Waals surface area contributed by atoms with Crippen LogP contribution in [0.5, 0.6) is 0 Å². The summed E-state index contributed by atoms with van der Waals surface area (Å²) in [4.78, 5) is 7.22. The zero-order valence-corrected chi connectivity index (χ0v) is 16.4. The van der Waals surface area contributed by atoms with Crippen molar-refractivity contribution in [1.82, 2.24) is 15.5 Å². The van der Waals surface area contributed by atoms with Crippen molar-refractivity contribution < 1.29 is 5.11 Å². The van der Waals surface area contributed by atoms with E-state index in [-0.39, 0.29) is 6.54 Å². The lowest BCUT2D eigenvalue weighted by Gasteiger charge is -2.24. The lowest BCUT2D eigenvalue weighted by atomic mass is 10.1. The van der Waals surface area contributed by atoms with Crippen LogP contribution < -0.4 is 10.6 Å². The molecule has 0 amide bonds. The first-order chi connectivity index (χ1) is 12.7. The third kappa shape index (κ3) is 5.12. The van der Waals surface area contributed by atoms with Crippen molar-refractivity contribution in [3.8, 4) is 0 Å². The van der Waals surface area contributed by atoms with Gasteiger partial charge >= 0.3 is 0 Å². The van der Waals surface area contributed by atoms with Gasteiger partial charge < -0.3 is 15.7 Å². The lowest BCUT2D eigenvalue weighted by Crippen LogP contribution is -2.45. The van der Waals surface area contributed by atoms with Gasteiger partial charge in [-0.3, -0.25) is 9.89 Å². The summed E-state index contributed by atoms with van der Waals surface area (Å²) in [6.45, 7) is 5.40. The molecule has 3 rings (SSSR count). The topological polar surface area (TPSA) is 59.9 Å². The monoisotopic (exact) mass is 378 g/mol. The van der Waals surface area contributed by atoms with Crippen molar-refractivity contribution in [2.24, 2.45) is 4.99 Å². The van der Waals surface area contributed by atoms with Crippen LogP contribution >= 0.6 is 11.6 Å². The fourth-order valence-corrected chi connectivity index (χ4v) is 4.30. The first-order valence-electron chi connectivity index (χ1n) is 9.88. The SMILES string of the molecule is CCNC(=NCC(O)c1ccccc1Cl)NC1CCN(C2CCCC2)C1. The van der Waals surface area contributed by atoms with Gasteiger partial charge in [-0.2, -0.15) is 0 Å². The molecule has 0 radical (unpaired) electrons. The number of benzene rings is 1. The molecule has 3 N–H and O–H groups in total. The Kier molecular flexibility index (Phi) is 7.17. The van der Waals surface area contributed by atoms with Gasteiger partial charge in [0.15, 0.2) is 5.96 Å². The Balaban J connectivity index is 1.55. The quantitative estimate of drug-likeness (QED) is 0.526. The normalized spacial score (nSPS) is 23.3. The van der Waals surface area contributed by atoms with E-state index in [0.29, 0.717) is 11.1 Å². The zero-order chi connectivity index (χ0) is 18.4. The van der Waals surface area contributed by atoms with Crippen LogP contribution in [0.1, 0.15) is 50.7 Å². The summed E-state index contributed by atoms with van der Waals surface area (Å²) in [6, 6.07) is 8.59. The number of aliphatic hydroxyl groups excluding tert-OH is 1. The van der Waals surface area contributed by atoms with Crippen molar-refractivity contribution in [2.75, 3.05) is 26.2 Å². The summed E-state index contributed by atoms with van der Waals surface area (Å²) in [7, 11) is 0. The largest absolute Gasteiger partial charge is 0.386 e. The maximum absolute atomic E-state index is 10.4. The molecule has 1 heterocycles. The minimum absolute atomic E-state index is 0.290. The van der Waals surface area contributed by atoms with Crippen LogP contribution in [0, 0.1) is 0 Å². The van der Waals surface area contributed by atoms with Crippen LogP contribution in [-0.2, 0) is 0 Å². The van der Waals surface area contributed by atoms with Crippen LogP contribution in [0.3, 0.4) is 0 Å². The lowest BCUT2D eigenvalue weighted by molar-refractivity contribution is 0.187. The van der Waals surface area contributed by atoms with Gasteiger partial charge in [-0.05, 0) is 32.3 Å². The third-order valence-electron chi connectivity index (χ3n) is 5.43. The van der Waals surface area contributed by atoms with Crippen LogP contribution in [0.4, 0.5) is 0 Å². The molecule has 2 aliphatic rings. The van der Waals surface area contributed by atoms with Gasteiger partial charge in [-0.25, -0.2) is 0 Å². The fourth-order valence-electron chi connectivity index (χ4n) is 4.04. The van der Waals surface area contributed by atoms with E-state index >= 15 is 0 Å². The van der Waals surface area contributed by atoms with Crippen molar-refractivity contribution in [3.05, 3.63) is 34.9 Å². The van der Waals surface area contributed by atoms with E-state index in [1.807, 2.05) is 18.2 Å². The third-order valence-corrected chi connectivity index (χ3v) is 5.78. The van der Waals surface area contributed by atoms with Crippen molar-refractivity contribution in [3.63, 3.8) is 0 Å². The summed E-state index contributed by atoms with van der Waals surface area (Å²) in [6.07, 6.45) is 5.91. The molecule has 1 aromatic carbocycles. The van der Waals surface area contributed by atoms with Crippen LogP contribution in [0.25, 0.3) is 0 Å². The van der Waals surface area contributed by atoms with E-state index in [1.54, 1.807) is 6.07 Å². The molecule has 2 fully saturated rings. The summed E-state index contributed by atoms with van der Waals surface area (Å²) in [5, 5.41) is 17.8. The highest BCUT2D eigenvalue weighted by atomic mass is 35.5. The number of nitrogens with one attached hydrogen (secondary N) is 2. The minimum atomic E-state index is -0.697. The maximum atomic E-state index is 10.4. The Bertz CT molecular complexity index is 603. The van der Waals surface area contributed by atoms with Crippen LogP contribution in [0.15, 0.2) is 29.3 Å². The Hall–Kier alpha value is -1.30. The summed E-state index contributed by atoms with van der Waals surface area (Å²) in [5.41, 5.74) is 0.724. The van der Waals surface area contributed by atoms with E-state index in [0.717, 1.165) is 37.1 Å². The smallest absolute Gasteiger partial charge is 0.191 e. The number of hydrogen-bond donors (Lipinski definition) is 3. The first-order valence-corrected chi connectivity index (χ1v) is 10.3. The van der Waals surface area contributed by atoms with Gasteiger partial charge in [0.1, 0.15) is 6.10 Å². The number of hydrogen-bond acceptors (Lipinski definition) is 3. The molecule has 144 valence electrons. The number of guanidine groups is 1. The van der Waals surface area contributed by atoms with E-state index in [4.69, 9.17) is 11.6 Å². The molecule has 0 aromatic heterocycles. The summed E-state index contributed by atoms with van der Waals surface area (Å²) < 4.78 is 0. The highest BCUT2D eigenvalue weighted by Crippen LogP contribution is 2.26. The summed E-state index contributed by atoms with van der Waals surface area (Å²) in [5.74, 6) is 0.775. The molecule has 0 spiro atoms. The Morgan fingerprint density at radius 2 is 2.08 bits per heavy atom. The molecular formula is C20H31ClN4O. The van der Waals surface area contributed by atoms with Gasteiger partial charge in [0.05, 0.1) is 6.54 Å². The molecule has 1 saturated carbocycles. The van der Waals surface area contributed by atoms with Gasteiger partial charge in [-0.15, -0.1) is 0 Å². The van der Waals surface area contributed by atoms with Gasteiger partial charge in [0, 0.05) is 42.3 Å². The predicted octanol–water partition coefficient (Wildman–Crippen LogP) is 2.95. The number of nitrogens with zero attached hydrogens (tertiary/aromatic N) is 2. The zero-order valence-electron chi connectivity index (χ0n) is 15.6. The minimum Gasteiger partial charge on any atom is -0.386 e. The molecule has 1 aliphatic carbocycles. The number of aliphatic hydroxyl groups is 1. The number of aliphatic imine (C=N–C) groups is 1. The second-order valence-electron chi connectivity index (χ2n) is 7.32. The maximum Gasteiger partial charge on any atom is 0.191 e. The molecule has 1 saturated heterocycles. The van der Waals surface area contributed by atoms with E-state index < -0.39 is 6.10 Å². The average Bonchev–Trinajstić information content (AvgIpc) is 3.31. The highest BCUT2D eigenvalue weighted by Gasteiger charge is 2.30. The molecule has 2 unspecified atom stereocenters. The molecule has 26 heavy (non-hydrogen) atoms. The standard InChI is InChI=1S/C20H31ClN4O/c1-2-22-20(23-13-19(26)17-9-5-6-10-18(17)21)24-15-11-12-25(14-15)16-7-3-4-8-16/h5-6,9-10,15-16,19,26H,2-4,7-8,11-14H2,1H3,(H2,22,23,24). The number of rotatable bonds is 6. The molecular weight excluding hydrogens is 348 g/mol. The second-order valence-corrected chi connectivity index (χ2v) is 7.73. The molecule has 2 atom stereocenters. The van der Waals surface area contributed by atoms with Gasteiger partial charge in [0.2, 0.25) is 0 Å². The van der Waals surface area contributed by atoms with Crippen molar-refractivity contribution in [1.29, 1.82) is 0 Å². The van der Waals surface area contributed by atoms with E-state index in [2.05, 4.69) is 27.4 Å². The van der Waals surface area contributed by atoms with E-state index in [1.165, 1.54) is 32.2 Å². The predicted molar refractivity (Wildman–Crippen MR) is 108 cm³/mol. The summed E-state index contributed by atoms with van der Waals surface area (Å²) >= 11 is 6.17. The Morgan fingerprint density at radius 1 is 1.31 bits per heavy atom. The molecule has 0 bridgehead atoms. The second kappa shape index (κ2) is 9.58.